The van der Waals surface area contributed by atoms with Gasteiger partial charge in [-0.05, 0) is 12.1 Å². The van der Waals surface area contributed by atoms with E-state index in [1.807, 2.05) is 13.8 Å². The minimum absolute atomic E-state index is 0.0500. The number of hydrogen-bond donors (Lipinski definition) is 1. The summed E-state index contributed by atoms with van der Waals surface area (Å²) < 4.78 is 25.2. The van der Waals surface area contributed by atoms with Crippen molar-refractivity contribution < 1.29 is 18.7 Å². The van der Waals surface area contributed by atoms with E-state index in [-0.39, 0.29) is 10.9 Å². The number of carbonyl (C=O) groups excluding carboxylic acids is 1. The van der Waals surface area contributed by atoms with Gasteiger partial charge in [-0.25, -0.2) is 4.39 Å². The van der Waals surface area contributed by atoms with Crippen molar-refractivity contribution in [1.29, 1.82) is 0 Å². The summed E-state index contributed by atoms with van der Waals surface area (Å²) in [5, 5.41) is 8.97. The summed E-state index contributed by atoms with van der Waals surface area (Å²) in [6.45, 7) is 4.00. The van der Waals surface area contributed by atoms with E-state index in [4.69, 9.17) is 5.11 Å². The van der Waals surface area contributed by atoms with Gasteiger partial charge in [-0.2, -0.15) is 4.39 Å². The molecule has 1 aromatic rings. The first-order valence-corrected chi connectivity index (χ1v) is 5.46. The van der Waals surface area contributed by atoms with Crippen molar-refractivity contribution in [2.24, 2.45) is 0 Å². The molecular formula is C10H11BrF2O2. The molecule has 0 amide bonds. The van der Waals surface area contributed by atoms with Crippen LogP contribution in [0.15, 0.2) is 12.1 Å². The fourth-order valence-corrected chi connectivity index (χ4v) is 1.14. The quantitative estimate of drug-likeness (QED) is 0.667. The van der Waals surface area contributed by atoms with Crippen molar-refractivity contribution in [3.63, 3.8) is 0 Å². The summed E-state index contributed by atoms with van der Waals surface area (Å²) in [4.78, 5) is 11.0. The van der Waals surface area contributed by atoms with Gasteiger partial charge < -0.3 is 5.11 Å². The number of Topliss-reactive ketones (excluding diaryl/α,β-unsaturated/α-hetero) is 1. The Bertz CT molecular complexity index is 354. The number of rotatable bonds is 2. The summed E-state index contributed by atoms with van der Waals surface area (Å²) in [6, 6.07) is 1.84. The molecule has 1 aromatic carbocycles. The molecule has 0 fully saturated rings. The van der Waals surface area contributed by atoms with Crippen LogP contribution >= 0.6 is 15.9 Å². The number of phenols is 1. The number of phenolic OH excluding ortho intramolecular Hbond substituents is 1. The summed E-state index contributed by atoms with van der Waals surface area (Å²) in [5.41, 5.74) is -0.226. The van der Waals surface area contributed by atoms with Gasteiger partial charge in [0.2, 0.25) is 5.82 Å². The van der Waals surface area contributed by atoms with Crippen LogP contribution in [0, 0.1) is 11.6 Å². The average molecular weight is 281 g/mol. The standard InChI is InChI=1S/C8H5BrF2O2.C2H6/c9-3-6(12)4-1-2-5(10)7(11)8(4)13;1-2/h1-2,13H,3H2;1-2H3. The first-order valence-electron chi connectivity index (χ1n) is 4.34. The van der Waals surface area contributed by atoms with Gasteiger partial charge in [0.05, 0.1) is 10.9 Å². The number of hydrogen-bond acceptors (Lipinski definition) is 2. The van der Waals surface area contributed by atoms with Crippen molar-refractivity contribution in [1.82, 2.24) is 0 Å². The Labute approximate surface area is 95.1 Å². The number of carbonyl (C=O) groups is 1. The minimum Gasteiger partial charge on any atom is -0.504 e. The van der Waals surface area contributed by atoms with Gasteiger partial charge in [0.15, 0.2) is 17.3 Å². The van der Waals surface area contributed by atoms with Crippen LogP contribution in [0.2, 0.25) is 0 Å². The van der Waals surface area contributed by atoms with E-state index in [9.17, 15) is 13.6 Å². The number of alkyl halides is 1. The molecule has 15 heavy (non-hydrogen) atoms. The SMILES string of the molecule is CC.O=C(CBr)c1ccc(F)c(F)c1O. The molecule has 0 unspecified atom stereocenters. The Morgan fingerprint density at radius 2 is 1.93 bits per heavy atom. The first kappa shape index (κ1) is 14.0. The highest BCUT2D eigenvalue weighted by molar-refractivity contribution is 9.09. The molecule has 84 valence electrons. The molecule has 0 saturated carbocycles. The van der Waals surface area contributed by atoms with Crippen LogP contribution < -0.4 is 0 Å². The van der Waals surface area contributed by atoms with Crippen molar-refractivity contribution in [3.8, 4) is 5.75 Å². The molecule has 1 rings (SSSR count). The molecule has 0 heterocycles. The smallest absolute Gasteiger partial charge is 0.201 e. The van der Waals surface area contributed by atoms with Crippen molar-refractivity contribution in [2.45, 2.75) is 13.8 Å². The van der Waals surface area contributed by atoms with Crippen LogP contribution in [0.5, 0.6) is 5.75 Å². The zero-order chi connectivity index (χ0) is 12.0. The van der Waals surface area contributed by atoms with E-state index in [0.717, 1.165) is 12.1 Å². The fraction of sp³-hybridized carbons (Fsp3) is 0.300. The predicted octanol–water partition coefficient (Wildman–Crippen LogP) is 3.27. The second kappa shape index (κ2) is 6.50. The van der Waals surface area contributed by atoms with Crippen LogP contribution in [0.3, 0.4) is 0 Å². The summed E-state index contributed by atoms with van der Waals surface area (Å²) in [5.74, 6) is -4.02. The highest BCUT2D eigenvalue weighted by Gasteiger charge is 2.16. The highest BCUT2D eigenvalue weighted by atomic mass is 79.9. The second-order valence-electron chi connectivity index (χ2n) is 2.31. The molecule has 2 nitrogen and oxygen atoms in total. The summed E-state index contributed by atoms with van der Waals surface area (Å²) in [6.07, 6.45) is 0. The number of ketones is 1. The second-order valence-corrected chi connectivity index (χ2v) is 2.88. The van der Waals surface area contributed by atoms with E-state index in [1.165, 1.54) is 0 Å². The number of benzene rings is 1. The predicted molar refractivity (Wildman–Crippen MR) is 57.5 cm³/mol. The molecule has 0 aliphatic heterocycles. The van der Waals surface area contributed by atoms with Crippen LogP contribution in [0.1, 0.15) is 24.2 Å². The Morgan fingerprint density at radius 1 is 1.40 bits per heavy atom. The van der Waals surface area contributed by atoms with Crippen molar-refractivity contribution in [3.05, 3.63) is 29.3 Å². The van der Waals surface area contributed by atoms with Gasteiger partial charge in [-0.3, -0.25) is 4.79 Å². The third-order valence-electron chi connectivity index (χ3n) is 1.49. The molecule has 0 radical (unpaired) electrons. The maximum atomic E-state index is 12.7. The van der Waals surface area contributed by atoms with Crippen molar-refractivity contribution in [2.75, 3.05) is 5.33 Å². The Kier molecular flexibility index (Phi) is 6.08. The first-order chi connectivity index (χ1) is 7.07. The zero-order valence-corrected chi connectivity index (χ0v) is 9.94. The highest BCUT2D eigenvalue weighted by Crippen LogP contribution is 2.24. The van der Waals surface area contributed by atoms with Crippen LogP contribution in [-0.4, -0.2) is 16.2 Å². The van der Waals surface area contributed by atoms with E-state index < -0.39 is 23.2 Å². The van der Waals surface area contributed by atoms with Gasteiger partial charge >= 0.3 is 0 Å². The molecule has 0 aromatic heterocycles. The monoisotopic (exact) mass is 280 g/mol. The lowest BCUT2D eigenvalue weighted by atomic mass is 10.1. The topological polar surface area (TPSA) is 37.3 Å². The Hall–Kier alpha value is -0.970. The number of halogens is 3. The van der Waals surface area contributed by atoms with E-state index in [2.05, 4.69) is 15.9 Å². The molecule has 0 saturated heterocycles. The number of aromatic hydroxyl groups is 1. The lowest BCUT2D eigenvalue weighted by Crippen LogP contribution is -2.02. The van der Waals surface area contributed by atoms with Crippen molar-refractivity contribution >= 4 is 21.7 Å². The molecule has 0 bridgehead atoms. The van der Waals surface area contributed by atoms with Gasteiger partial charge in [0.25, 0.3) is 0 Å². The Balaban J connectivity index is 0.000000921. The molecule has 0 atom stereocenters. The summed E-state index contributed by atoms with van der Waals surface area (Å²) in [7, 11) is 0. The van der Waals surface area contributed by atoms with Gasteiger partial charge in [0, 0.05) is 0 Å². The molecule has 5 heteroatoms. The average Bonchev–Trinajstić information content (AvgIpc) is 2.28. The lowest BCUT2D eigenvalue weighted by Gasteiger charge is -2.02. The Morgan fingerprint density at radius 3 is 2.40 bits per heavy atom. The van der Waals surface area contributed by atoms with Gasteiger partial charge in [-0.1, -0.05) is 29.8 Å². The maximum absolute atomic E-state index is 12.7. The molecule has 0 aliphatic carbocycles. The minimum atomic E-state index is -1.40. The normalized spacial score (nSPS) is 9.13. The van der Waals surface area contributed by atoms with Gasteiger partial charge in [0.1, 0.15) is 0 Å². The fourth-order valence-electron chi connectivity index (χ4n) is 0.837. The maximum Gasteiger partial charge on any atom is 0.201 e. The van der Waals surface area contributed by atoms with Gasteiger partial charge in [-0.15, -0.1) is 0 Å². The van der Waals surface area contributed by atoms with Crippen LogP contribution in [0.4, 0.5) is 8.78 Å². The van der Waals surface area contributed by atoms with E-state index >= 15 is 0 Å². The molecule has 0 spiro atoms. The summed E-state index contributed by atoms with van der Waals surface area (Å²) >= 11 is 2.85. The largest absolute Gasteiger partial charge is 0.504 e. The third kappa shape index (κ3) is 3.27. The van der Waals surface area contributed by atoms with E-state index in [1.54, 1.807) is 0 Å². The molecule has 0 aliphatic rings. The third-order valence-corrected chi connectivity index (χ3v) is 2.00. The van der Waals surface area contributed by atoms with Crippen LogP contribution in [0.25, 0.3) is 0 Å². The zero-order valence-electron chi connectivity index (χ0n) is 8.35. The molecule has 1 N–H and O–H groups in total. The van der Waals surface area contributed by atoms with E-state index in [0.29, 0.717) is 0 Å². The van der Waals surface area contributed by atoms with Crippen LogP contribution in [-0.2, 0) is 0 Å². The molecular weight excluding hydrogens is 270 g/mol. The lowest BCUT2D eigenvalue weighted by molar-refractivity contribution is 0.102.